The zero-order valence-electron chi connectivity index (χ0n) is 19.3. The second kappa shape index (κ2) is 7.16. The van der Waals surface area contributed by atoms with E-state index in [9.17, 15) is 0 Å². The van der Waals surface area contributed by atoms with Gasteiger partial charge in [-0.15, -0.1) is 0 Å². The predicted octanol–water partition coefficient (Wildman–Crippen LogP) is 8.26. The van der Waals surface area contributed by atoms with Gasteiger partial charge in [0.1, 0.15) is 5.75 Å². The molecule has 0 amide bonds. The van der Waals surface area contributed by atoms with Crippen molar-refractivity contribution in [2.45, 2.75) is 52.4 Å². The fourth-order valence-corrected chi connectivity index (χ4v) is 4.33. The monoisotopic (exact) mass is 396 g/mol. The van der Waals surface area contributed by atoms with Crippen LogP contribution in [0.4, 0.5) is 0 Å². The molecule has 1 heteroatoms. The summed E-state index contributed by atoms with van der Waals surface area (Å²) in [6.45, 7) is 13.6. The maximum Gasteiger partial charge on any atom is 0.131 e. The molecule has 0 aliphatic heterocycles. The average Bonchev–Trinajstić information content (AvgIpc) is 2.70. The van der Waals surface area contributed by atoms with Gasteiger partial charge in [0.2, 0.25) is 0 Å². The van der Waals surface area contributed by atoms with Crippen molar-refractivity contribution in [2.24, 2.45) is 0 Å². The molecule has 0 fully saturated rings. The van der Waals surface area contributed by atoms with Gasteiger partial charge < -0.3 is 4.74 Å². The number of hydrogen-bond acceptors (Lipinski definition) is 1. The zero-order chi connectivity index (χ0) is 21.7. The van der Waals surface area contributed by atoms with Crippen molar-refractivity contribution < 1.29 is 4.74 Å². The van der Waals surface area contributed by atoms with E-state index < -0.39 is 0 Å². The Morgan fingerprint density at radius 1 is 0.633 bits per heavy atom. The van der Waals surface area contributed by atoms with Crippen molar-refractivity contribution in [1.82, 2.24) is 0 Å². The highest BCUT2D eigenvalue weighted by Crippen LogP contribution is 2.46. The van der Waals surface area contributed by atoms with Gasteiger partial charge in [0.25, 0.3) is 0 Å². The van der Waals surface area contributed by atoms with Gasteiger partial charge in [-0.05, 0) is 49.6 Å². The van der Waals surface area contributed by atoms with Crippen LogP contribution in [0.2, 0.25) is 0 Å². The third-order valence-electron chi connectivity index (χ3n) is 6.03. The van der Waals surface area contributed by atoms with E-state index in [1.54, 1.807) is 7.11 Å². The Bertz CT molecular complexity index is 1230. The Morgan fingerprint density at radius 2 is 1.33 bits per heavy atom. The standard InChI is InChI=1S/C29H32O/c1-28(2,3)21-15-16-23-20(17-21)18-25(29(4,5)6)27(30-7)26(23)24-14-10-12-19-11-8-9-13-22(19)24/h8-18H,1-7H3. The lowest BCUT2D eigenvalue weighted by Crippen LogP contribution is -2.14. The molecule has 0 saturated carbocycles. The lowest BCUT2D eigenvalue weighted by molar-refractivity contribution is 0.400. The molecule has 4 aromatic carbocycles. The van der Waals surface area contributed by atoms with Gasteiger partial charge in [0.05, 0.1) is 7.11 Å². The van der Waals surface area contributed by atoms with Crippen LogP contribution in [-0.4, -0.2) is 7.11 Å². The van der Waals surface area contributed by atoms with Crippen LogP contribution in [0.15, 0.2) is 66.7 Å². The molecule has 1 nitrogen and oxygen atoms in total. The van der Waals surface area contributed by atoms with Crippen LogP contribution in [0, 0.1) is 0 Å². The highest BCUT2D eigenvalue weighted by Gasteiger charge is 2.25. The molecule has 0 aromatic heterocycles. The van der Waals surface area contributed by atoms with Crippen molar-refractivity contribution in [3.63, 3.8) is 0 Å². The number of methoxy groups -OCH3 is 1. The molecule has 4 rings (SSSR count). The first-order valence-corrected chi connectivity index (χ1v) is 10.7. The Hall–Kier alpha value is -2.80. The fraction of sp³-hybridized carbons (Fsp3) is 0.310. The number of ether oxygens (including phenoxy) is 1. The van der Waals surface area contributed by atoms with Crippen LogP contribution in [0.25, 0.3) is 32.7 Å². The van der Waals surface area contributed by atoms with Gasteiger partial charge in [-0.25, -0.2) is 0 Å². The predicted molar refractivity (Wildman–Crippen MR) is 131 cm³/mol. The summed E-state index contributed by atoms with van der Waals surface area (Å²) in [7, 11) is 1.80. The minimum absolute atomic E-state index is 0.0311. The molecule has 0 radical (unpaired) electrons. The van der Waals surface area contributed by atoms with E-state index >= 15 is 0 Å². The van der Waals surface area contributed by atoms with E-state index in [0.717, 1.165) is 5.75 Å². The normalized spacial score (nSPS) is 12.5. The van der Waals surface area contributed by atoms with Gasteiger partial charge in [0.15, 0.2) is 0 Å². The van der Waals surface area contributed by atoms with Crippen molar-refractivity contribution in [2.75, 3.05) is 7.11 Å². The number of benzene rings is 4. The molecule has 0 atom stereocenters. The Labute approximate surface area is 180 Å². The molecule has 0 unspecified atom stereocenters. The fourth-order valence-electron chi connectivity index (χ4n) is 4.33. The van der Waals surface area contributed by atoms with E-state index in [1.807, 2.05) is 0 Å². The third kappa shape index (κ3) is 3.47. The molecular formula is C29H32O. The first kappa shape index (κ1) is 20.5. The molecule has 0 spiro atoms. The minimum Gasteiger partial charge on any atom is -0.496 e. The van der Waals surface area contributed by atoms with Gasteiger partial charge in [-0.1, -0.05) is 102 Å². The second-order valence-corrected chi connectivity index (χ2v) is 10.3. The first-order chi connectivity index (χ1) is 14.1. The lowest BCUT2D eigenvalue weighted by Gasteiger charge is -2.27. The van der Waals surface area contributed by atoms with Gasteiger partial charge in [-0.3, -0.25) is 0 Å². The Morgan fingerprint density at radius 3 is 2.00 bits per heavy atom. The Kier molecular flexibility index (Phi) is 4.89. The smallest absolute Gasteiger partial charge is 0.131 e. The first-order valence-electron chi connectivity index (χ1n) is 10.7. The molecular weight excluding hydrogens is 364 g/mol. The SMILES string of the molecule is COc1c(C(C)(C)C)cc2cc(C(C)(C)C)ccc2c1-c1cccc2ccccc12. The molecule has 154 valence electrons. The van der Waals surface area contributed by atoms with E-state index in [0.29, 0.717) is 0 Å². The summed E-state index contributed by atoms with van der Waals surface area (Å²) in [5, 5.41) is 5.02. The molecule has 0 bridgehead atoms. The zero-order valence-corrected chi connectivity index (χ0v) is 19.3. The quantitative estimate of drug-likeness (QED) is 0.331. The van der Waals surface area contributed by atoms with Crippen LogP contribution < -0.4 is 4.74 Å². The molecule has 0 saturated heterocycles. The Balaban J connectivity index is 2.18. The van der Waals surface area contributed by atoms with Crippen LogP contribution in [0.5, 0.6) is 5.75 Å². The third-order valence-corrected chi connectivity index (χ3v) is 6.03. The van der Waals surface area contributed by atoms with Gasteiger partial charge in [-0.2, -0.15) is 0 Å². The van der Waals surface area contributed by atoms with Crippen molar-refractivity contribution in [1.29, 1.82) is 0 Å². The van der Waals surface area contributed by atoms with Crippen LogP contribution in [0.1, 0.15) is 52.7 Å². The molecule has 0 aliphatic rings. The van der Waals surface area contributed by atoms with Crippen molar-refractivity contribution >= 4 is 21.5 Å². The molecule has 0 heterocycles. The highest BCUT2D eigenvalue weighted by atomic mass is 16.5. The van der Waals surface area contributed by atoms with Crippen LogP contribution in [-0.2, 0) is 10.8 Å². The van der Waals surface area contributed by atoms with Crippen molar-refractivity contribution in [3.05, 3.63) is 77.9 Å². The number of fused-ring (bicyclic) bond motifs is 2. The summed E-state index contributed by atoms with van der Waals surface area (Å²) >= 11 is 0. The summed E-state index contributed by atoms with van der Waals surface area (Å²) in [5.74, 6) is 0.981. The van der Waals surface area contributed by atoms with Gasteiger partial charge >= 0.3 is 0 Å². The highest BCUT2D eigenvalue weighted by molar-refractivity contribution is 6.08. The molecule has 0 N–H and O–H groups in total. The summed E-state index contributed by atoms with van der Waals surface area (Å²) in [4.78, 5) is 0. The summed E-state index contributed by atoms with van der Waals surface area (Å²) in [5.41, 5.74) is 5.09. The van der Waals surface area contributed by atoms with Crippen molar-refractivity contribution in [3.8, 4) is 16.9 Å². The van der Waals surface area contributed by atoms with E-state index in [2.05, 4.69) is 108 Å². The topological polar surface area (TPSA) is 9.23 Å². The summed E-state index contributed by atoms with van der Waals surface area (Å²) in [6.07, 6.45) is 0. The second-order valence-electron chi connectivity index (χ2n) is 10.3. The minimum atomic E-state index is -0.0311. The van der Waals surface area contributed by atoms with E-state index in [1.165, 1.54) is 43.8 Å². The largest absolute Gasteiger partial charge is 0.496 e. The van der Waals surface area contributed by atoms with Crippen LogP contribution >= 0.6 is 0 Å². The van der Waals surface area contributed by atoms with Gasteiger partial charge in [0, 0.05) is 11.1 Å². The summed E-state index contributed by atoms with van der Waals surface area (Å²) in [6, 6.07) is 24.4. The van der Waals surface area contributed by atoms with E-state index in [4.69, 9.17) is 4.74 Å². The molecule has 4 aromatic rings. The van der Waals surface area contributed by atoms with Crippen LogP contribution in [0.3, 0.4) is 0 Å². The molecule has 0 aliphatic carbocycles. The molecule has 30 heavy (non-hydrogen) atoms. The summed E-state index contributed by atoms with van der Waals surface area (Å²) < 4.78 is 6.11. The number of rotatable bonds is 2. The lowest BCUT2D eigenvalue weighted by atomic mass is 9.79. The maximum atomic E-state index is 6.11. The number of hydrogen-bond donors (Lipinski definition) is 0. The average molecular weight is 397 g/mol. The van der Waals surface area contributed by atoms with E-state index in [-0.39, 0.29) is 10.8 Å². The maximum absolute atomic E-state index is 6.11.